The number of fused-ring (bicyclic) bond motifs is 1. The molecule has 1 aromatic rings. The zero-order chi connectivity index (χ0) is 14.1. The third kappa shape index (κ3) is 2.46. The quantitative estimate of drug-likeness (QED) is 0.932. The third-order valence-corrected chi connectivity index (χ3v) is 5.42. The molecule has 1 amide bonds. The van der Waals surface area contributed by atoms with Crippen LogP contribution in [0.3, 0.4) is 0 Å². The largest absolute Gasteiger partial charge is 0.481 e. The number of amides is 1. The molecule has 3 rings (SSSR count). The maximum atomic E-state index is 12.8. The molecule has 1 aliphatic heterocycles. The lowest BCUT2D eigenvalue weighted by atomic mass is 9.86. The highest BCUT2D eigenvalue weighted by Gasteiger charge is 2.36. The monoisotopic (exact) mass is 293 g/mol. The van der Waals surface area contributed by atoms with Crippen molar-refractivity contribution in [3.05, 3.63) is 21.9 Å². The Morgan fingerprint density at radius 3 is 3.00 bits per heavy atom. The number of aryl methyl sites for hydroxylation is 1. The predicted molar refractivity (Wildman–Crippen MR) is 77.0 cm³/mol. The highest BCUT2D eigenvalue weighted by Crippen LogP contribution is 2.37. The third-order valence-electron chi connectivity index (χ3n) is 4.42. The summed E-state index contributed by atoms with van der Waals surface area (Å²) in [5.41, 5.74) is 1.19. The smallest absolute Gasteiger partial charge is 0.305 e. The molecule has 5 heteroatoms. The summed E-state index contributed by atoms with van der Waals surface area (Å²) in [6.07, 6.45) is 4.86. The van der Waals surface area contributed by atoms with Crippen molar-refractivity contribution >= 4 is 23.2 Å². The van der Waals surface area contributed by atoms with Crippen LogP contribution in [0.4, 0.5) is 0 Å². The molecule has 1 aromatic heterocycles. The Balaban J connectivity index is 1.78. The van der Waals surface area contributed by atoms with Gasteiger partial charge >= 0.3 is 5.97 Å². The van der Waals surface area contributed by atoms with Crippen LogP contribution in [0.5, 0.6) is 0 Å². The van der Waals surface area contributed by atoms with Crippen LogP contribution < -0.4 is 0 Å². The normalized spacial score (nSPS) is 25.5. The van der Waals surface area contributed by atoms with Crippen molar-refractivity contribution in [2.24, 2.45) is 0 Å². The molecule has 0 spiro atoms. The molecule has 2 heterocycles. The van der Waals surface area contributed by atoms with Crippen molar-refractivity contribution in [1.82, 2.24) is 4.90 Å². The maximum Gasteiger partial charge on any atom is 0.305 e. The minimum absolute atomic E-state index is 0.0422. The summed E-state index contributed by atoms with van der Waals surface area (Å²) in [5, 5.41) is 11.0. The number of hydrogen-bond donors (Lipinski definition) is 1. The summed E-state index contributed by atoms with van der Waals surface area (Å²) in [6.45, 7) is 0.715. The van der Waals surface area contributed by atoms with E-state index in [4.69, 9.17) is 5.11 Å². The Bertz CT molecular complexity index is 525. The van der Waals surface area contributed by atoms with Crippen LogP contribution in [0.15, 0.2) is 11.4 Å². The minimum atomic E-state index is -0.811. The molecule has 0 bridgehead atoms. The van der Waals surface area contributed by atoms with Gasteiger partial charge in [-0.1, -0.05) is 0 Å². The molecule has 2 atom stereocenters. The topological polar surface area (TPSA) is 57.6 Å². The second kappa shape index (κ2) is 5.56. The first-order chi connectivity index (χ1) is 9.66. The average molecular weight is 293 g/mol. The molecule has 2 aliphatic rings. The molecule has 108 valence electrons. The Kier molecular flexibility index (Phi) is 3.78. The predicted octanol–water partition coefficient (Wildman–Crippen LogP) is 2.63. The van der Waals surface area contributed by atoms with E-state index in [1.165, 1.54) is 10.4 Å². The molecule has 0 aromatic carbocycles. The number of aliphatic carboxylic acids is 1. The Labute approximate surface area is 122 Å². The molecule has 0 saturated carbocycles. The van der Waals surface area contributed by atoms with Crippen LogP contribution in [0.2, 0.25) is 0 Å². The van der Waals surface area contributed by atoms with Gasteiger partial charge in [-0.25, -0.2) is 0 Å². The highest BCUT2D eigenvalue weighted by molar-refractivity contribution is 7.10. The number of carbonyl (C=O) groups excluding carboxylic acids is 1. The van der Waals surface area contributed by atoms with Gasteiger partial charge in [0.1, 0.15) is 0 Å². The first-order valence-electron chi connectivity index (χ1n) is 7.25. The Morgan fingerprint density at radius 1 is 1.35 bits per heavy atom. The molecule has 1 aliphatic carbocycles. The molecule has 2 unspecified atom stereocenters. The van der Waals surface area contributed by atoms with Gasteiger partial charge in [0.05, 0.1) is 12.3 Å². The zero-order valence-electron chi connectivity index (χ0n) is 11.4. The van der Waals surface area contributed by atoms with Gasteiger partial charge in [-0.2, -0.15) is 0 Å². The first-order valence-corrected chi connectivity index (χ1v) is 8.13. The summed E-state index contributed by atoms with van der Waals surface area (Å²) in [5.74, 6) is -0.706. The number of carboxylic acid groups (broad SMARTS) is 1. The van der Waals surface area contributed by atoms with Gasteiger partial charge in [-0.15, -0.1) is 11.3 Å². The SMILES string of the molecule is O=C(O)CC1CCCN1C(=O)C1CCCc2sccc21. The van der Waals surface area contributed by atoms with Crippen molar-refractivity contribution in [1.29, 1.82) is 0 Å². The second-order valence-electron chi connectivity index (χ2n) is 5.67. The summed E-state index contributed by atoms with van der Waals surface area (Å²) >= 11 is 1.74. The zero-order valence-corrected chi connectivity index (χ0v) is 12.2. The lowest BCUT2D eigenvalue weighted by Gasteiger charge is -2.30. The first kappa shape index (κ1) is 13.6. The number of thiophene rings is 1. The number of carbonyl (C=O) groups is 2. The van der Waals surface area contributed by atoms with E-state index in [1.54, 1.807) is 11.3 Å². The van der Waals surface area contributed by atoms with Crippen LogP contribution in [0, 0.1) is 0 Å². The molecule has 0 radical (unpaired) electrons. The van der Waals surface area contributed by atoms with Crippen LogP contribution in [0.1, 0.15) is 48.5 Å². The van der Waals surface area contributed by atoms with Crippen LogP contribution in [-0.4, -0.2) is 34.5 Å². The van der Waals surface area contributed by atoms with Gasteiger partial charge in [0.25, 0.3) is 0 Å². The lowest BCUT2D eigenvalue weighted by molar-refractivity contribution is -0.140. The molecule has 1 N–H and O–H groups in total. The van der Waals surface area contributed by atoms with Gasteiger partial charge in [-0.3, -0.25) is 9.59 Å². The molecule has 1 saturated heterocycles. The Hall–Kier alpha value is -1.36. The van der Waals surface area contributed by atoms with E-state index in [0.29, 0.717) is 6.54 Å². The summed E-state index contributed by atoms with van der Waals surface area (Å²) in [6, 6.07) is 1.97. The van der Waals surface area contributed by atoms with Crippen molar-refractivity contribution in [2.75, 3.05) is 6.54 Å². The molecular formula is C15H19NO3S. The van der Waals surface area contributed by atoms with E-state index in [-0.39, 0.29) is 24.3 Å². The maximum absolute atomic E-state index is 12.8. The molecule has 1 fully saturated rings. The van der Waals surface area contributed by atoms with E-state index < -0.39 is 5.97 Å². The van der Waals surface area contributed by atoms with Crippen molar-refractivity contribution < 1.29 is 14.7 Å². The van der Waals surface area contributed by atoms with Crippen molar-refractivity contribution in [2.45, 2.75) is 50.5 Å². The van der Waals surface area contributed by atoms with Gasteiger partial charge in [0.15, 0.2) is 0 Å². The van der Waals surface area contributed by atoms with E-state index in [1.807, 2.05) is 4.90 Å². The number of nitrogens with zero attached hydrogens (tertiary/aromatic N) is 1. The number of hydrogen-bond acceptors (Lipinski definition) is 3. The Morgan fingerprint density at radius 2 is 2.20 bits per heavy atom. The van der Waals surface area contributed by atoms with Gasteiger partial charge in [0, 0.05) is 17.5 Å². The molecule has 20 heavy (non-hydrogen) atoms. The van der Waals surface area contributed by atoms with E-state index in [9.17, 15) is 9.59 Å². The van der Waals surface area contributed by atoms with E-state index >= 15 is 0 Å². The minimum Gasteiger partial charge on any atom is -0.481 e. The van der Waals surface area contributed by atoms with E-state index in [0.717, 1.165) is 32.1 Å². The fourth-order valence-corrected chi connectivity index (χ4v) is 4.47. The number of rotatable bonds is 3. The lowest BCUT2D eigenvalue weighted by Crippen LogP contribution is -2.40. The standard InChI is InChI=1S/C15H19NO3S/c17-14(18)9-10-3-2-7-16(10)15(19)12-4-1-5-13-11(12)6-8-20-13/h6,8,10,12H,1-5,7,9H2,(H,17,18). The van der Waals surface area contributed by atoms with Gasteiger partial charge < -0.3 is 10.0 Å². The summed E-state index contributed by atoms with van der Waals surface area (Å²) in [4.78, 5) is 26.9. The molecular weight excluding hydrogens is 274 g/mol. The van der Waals surface area contributed by atoms with Crippen LogP contribution in [-0.2, 0) is 16.0 Å². The number of likely N-dealkylation sites (tertiary alicyclic amines) is 1. The average Bonchev–Trinajstić information content (AvgIpc) is 3.05. The second-order valence-corrected chi connectivity index (χ2v) is 6.67. The fourth-order valence-electron chi connectivity index (χ4n) is 3.48. The van der Waals surface area contributed by atoms with Crippen LogP contribution >= 0.6 is 11.3 Å². The summed E-state index contributed by atoms with van der Waals surface area (Å²) < 4.78 is 0. The van der Waals surface area contributed by atoms with Gasteiger partial charge in [0.2, 0.25) is 5.91 Å². The van der Waals surface area contributed by atoms with Crippen LogP contribution in [0.25, 0.3) is 0 Å². The highest BCUT2D eigenvalue weighted by atomic mass is 32.1. The van der Waals surface area contributed by atoms with Crippen molar-refractivity contribution in [3.8, 4) is 0 Å². The summed E-state index contributed by atoms with van der Waals surface area (Å²) in [7, 11) is 0. The fraction of sp³-hybridized carbons (Fsp3) is 0.600. The number of carboxylic acids is 1. The van der Waals surface area contributed by atoms with Crippen molar-refractivity contribution in [3.63, 3.8) is 0 Å². The van der Waals surface area contributed by atoms with Gasteiger partial charge in [-0.05, 0) is 49.1 Å². The molecule has 4 nitrogen and oxygen atoms in total. The van der Waals surface area contributed by atoms with E-state index in [2.05, 4.69) is 11.4 Å².